The summed E-state index contributed by atoms with van der Waals surface area (Å²) in [6, 6.07) is 9.10. The third kappa shape index (κ3) is 4.35. The van der Waals surface area contributed by atoms with Crippen molar-refractivity contribution in [2.24, 2.45) is 0 Å². The minimum atomic E-state index is -0.226. The minimum absolute atomic E-state index is 0.0143. The molecule has 0 saturated carbocycles. The number of rotatable bonds is 6. The molecular formula is C17H20ClN3O3. The van der Waals surface area contributed by atoms with Gasteiger partial charge in [-0.05, 0) is 38.0 Å². The Bertz CT molecular complexity index is 711. The Kier molecular flexibility index (Phi) is 5.50. The van der Waals surface area contributed by atoms with E-state index in [9.17, 15) is 4.79 Å². The number of hydrogen-bond donors (Lipinski definition) is 1. The number of carbonyl (C=O) groups excluding carboxylic acids is 1. The molecular weight excluding hydrogens is 330 g/mol. The van der Waals surface area contributed by atoms with Crippen molar-refractivity contribution in [1.29, 1.82) is 0 Å². The molecule has 2 aromatic rings. The van der Waals surface area contributed by atoms with Crippen molar-refractivity contribution in [1.82, 2.24) is 9.78 Å². The summed E-state index contributed by atoms with van der Waals surface area (Å²) < 4.78 is 12.5. The smallest absolute Gasteiger partial charge is 0.251 e. The molecule has 1 aliphatic rings. The summed E-state index contributed by atoms with van der Waals surface area (Å²) in [4.78, 5) is 12.1. The fourth-order valence-corrected chi connectivity index (χ4v) is 2.82. The van der Waals surface area contributed by atoms with Crippen molar-refractivity contribution in [2.75, 3.05) is 25.1 Å². The van der Waals surface area contributed by atoms with Crippen LogP contribution < -0.4 is 5.32 Å². The van der Waals surface area contributed by atoms with Gasteiger partial charge in [0.2, 0.25) is 0 Å². The summed E-state index contributed by atoms with van der Waals surface area (Å²) in [5.74, 6) is 0.358. The van der Waals surface area contributed by atoms with Crippen LogP contribution in [0.4, 0.5) is 5.82 Å². The predicted octanol–water partition coefficient (Wildman–Crippen LogP) is 2.97. The summed E-state index contributed by atoms with van der Waals surface area (Å²) in [7, 11) is 0. The highest BCUT2D eigenvalue weighted by molar-refractivity contribution is 6.30. The van der Waals surface area contributed by atoms with Gasteiger partial charge in [0.05, 0.1) is 24.1 Å². The van der Waals surface area contributed by atoms with E-state index >= 15 is 0 Å². The SMILES string of the molecule is Cc1cc(NC(=O)COCC2CCCO2)n(-c2cccc(Cl)c2)n1. The second-order valence-corrected chi connectivity index (χ2v) is 6.20. The highest BCUT2D eigenvalue weighted by Crippen LogP contribution is 2.20. The van der Waals surface area contributed by atoms with Crippen LogP contribution in [0.15, 0.2) is 30.3 Å². The van der Waals surface area contributed by atoms with Crippen LogP contribution in [0.5, 0.6) is 0 Å². The summed E-state index contributed by atoms with van der Waals surface area (Å²) in [5, 5.41) is 7.84. The van der Waals surface area contributed by atoms with Crippen LogP contribution in [0, 0.1) is 6.92 Å². The van der Waals surface area contributed by atoms with Gasteiger partial charge in [0.15, 0.2) is 0 Å². The van der Waals surface area contributed by atoms with E-state index in [4.69, 9.17) is 21.1 Å². The maximum atomic E-state index is 12.1. The lowest BCUT2D eigenvalue weighted by molar-refractivity contribution is -0.121. The number of carbonyl (C=O) groups is 1. The van der Waals surface area contributed by atoms with Gasteiger partial charge >= 0.3 is 0 Å². The van der Waals surface area contributed by atoms with Crippen LogP contribution in [-0.4, -0.2) is 41.6 Å². The van der Waals surface area contributed by atoms with E-state index in [-0.39, 0.29) is 18.6 Å². The predicted molar refractivity (Wildman–Crippen MR) is 91.7 cm³/mol. The molecule has 1 fully saturated rings. The van der Waals surface area contributed by atoms with Crippen molar-refractivity contribution in [2.45, 2.75) is 25.9 Å². The standard InChI is InChI=1S/C17H20ClN3O3/c1-12-8-16(21(20-12)14-5-2-4-13(18)9-14)19-17(22)11-23-10-15-6-3-7-24-15/h2,4-5,8-9,15H,3,6-7,10-11H2,1H3,(H,19,22). The number of nitrogens with zero attached hydrogens (tertiary/aromatic N) is 2. The Morgan fingerprint density at radius 3 is 3.12 bits per heavy atom. The lowest BCUT2D eigenvalue weighted by Crippen LogP contribution is -2.23. The Hall–Kier alpha value is -1.89. The molecule has 0 aliphatic carbocycles. The van der Waals surface area contributed by atoms with Gasteiger partial charge in [-0.3, -0.25) is 4.79 Å². The highest BCUT2D eigenvalue weighted by atomic mass is 35.5. The Balaban J connectivity index is 1.61. The fourth-order valence-electron chi connectivity index (χ4n) is 2.63. The molecule has 1 aromatic heterocycles. The van der Waals surface area contributed by atoms with Crippen LogP contribution in [-0.2, 0) is 14.3 Å². The largest absolute Gasteiger partial charge is 0.376 e. The number of ether oxygens (including phenoxy) is 2. The van der Waals surface area contributed by atoms with Crippen molar-refractivity contribution < 1.29 is 14.3 Å². The van der Waals surface area contributed by atoms with Crippen LogP contribution in [0.1, 0.15) is 18.5 Å². The zero-order chi connectivity index (χ0) is 16.9. The summed E-state index contributed by atoms with van der Waals surface area (Å²) in [5.41, 5.74) is 1.58. The van der Waals surface area contributed by atoms with Crippen molar-refractivity contribution in [3.8, 4) is 5.69 Å². The van der Waals surface area contributed by atoms with Gasteiger partial charge in [0.25, 0.3) is 5.91 Å². The zero-order valence-corrected chi connectivity index (χ0v) is 14.3. The molecule has 1 unspecified atom stereocenters. The second kappa shape index (κ2) is 7.79. The molecule has 7 heteroatoms. The third-order valence-corrected chi connectivity index (χ3v) is 3.95. The molecule has 0 spiro atoms. The Morgan fingerprint density at radius 1 is 1.50 bits per heavy atom. The number of hydrogen-bond acceptors (Lipinski definition) is 4. The number of anilines is 1. The first-order chi connectivity index (χ1) is 11.6. The van der Waals surface area contributed by atoms with Crippen LogP contribution >= 0.6 is 11.6 Å². The molecule has 128 valence electrons. The molecule has 1 amide bonds. The van der Waals surface area contributed by atoms with E-state index in [1.54, 1.807) is 22.9 Å². The van der Waals surface area contributed by atoms with Gasteiger partial charge in [-0.1, -0.05) is 17.7 Å². The van der Waals surface area contributed by atoms with Crippen molar-refractivity contribution in [3.05, 3.63) is 41.0 Å². The van der Waals surface area contributed by atoms with E-state index in [2.05, 4.69) is 10.4 Å². The Morgan fingerprint density at radius 2 is 2.38 bits per heavy atom. The second-order valence-electron chi connectivity index (χ2n) is 5.76. The van der Waals surface area contributed by atoms with E-state index in [1.807, 2.05) is 19.1 Å². The monoisotopic (exact) mass is 349 g/mol. The molecule has 6 nitrogen and oxygen atoms in total. The van der Waals surface area contributed by atoms with Gasteiger partial charge in [0.1, 0.15) is 12.4 Å². The first-order valence-electron chi connectivity index (χ1n) is 7.93. The van der Waals surface area contributed by atoms with Gasteiger partial charge in [-0.15, -0.1) is 0 Å². The van der Waals surface area contributed by atoms with Gasteiger partial charge < -0.3 is 14.8 Å². The van der Waals surface area contributed by atoms with Gasteiger partial charge in [-0.2, -0.15) is 5.10 Å². The molecule has 1 aliphatic heterocycles. The number of aromatic nitrogens is 2. The number of halogens is 1. The normalized spacial score (nSPS) is 17.2. The van der Waals surface area contributed by atoms with Crippen LogP contribution in [0.25, 0.3) is 5.69 Å². The topological polar surface area (TPSA) is 65.4 Å². The van der Waals surface area contributed by atoms with E-state index < -0.39 is 0 Å². The van der Waals surface area contributed by atoms with Gasteiger partial charge in [0, 0.05) is 17.7 Å². The molecule has 3 rings (SSSR count). The van der Waals surface area contributed by atoms with E-state index in [0.717, 1.165) is 30.8 Å². The van der Waals surface area contributed by atoms with Gasteiger partial charge in [-0.25, -0.2) is 4.68 Å². The molecule has 1 N–H and O–H groups in total. The fraction of sp³-hybridized carbons (Fsp3) is 0.412. The molecule has 0 bridgehead atoms. The lowest BCUT2D eigenvalue weighted by Gasteiger charge is -2.11. The number of aryl methyl sites for hydroxylation is 1. The van der Waals surface area contributed by atoms with Crippen LogP contribution in [0.2, 0.25) is 5.02 Å². The number of nitrogens with one attached hydrogen (secondary N) is 1. The lowest BCUT2D eigenvalue weighted by atomic mass is 10.2. The average Bonchev–Trinajstić information content (AvgIpc) is 3.17. The Labute approximate surface area is 145 Å². The third-order valence-electron chi connectivity index (χ3n) is 3.71. The summed E-state index contributed by atoms with van der Waals surface area (Å²) in [6.07, 6.45) is 2.15. The van der Waals surface area contributed by atoms with E-state index in [0.29, 0.717) is 17.4 Å². The number of amides is 1. The molecule has 2 heterocycles. The summed E-state index contributed by atoms with van der Waals surface area (Å²) >= 11 is 6.03. The average molecular weight is 350 g/mol. The van der Waals surface area contributed by atoms with Crippen LogP contribution in [0.3, 0.4) is 0 Å². The van der Waals surface area contributed by atoms with Crippen molar-refractivity contribution in [3.63, 3.8) is 0 Å². The quantitative estimate of drug-likeness (QED) is 0.870. The van der Waals surface area contributed by atoms with E-state index in [1.165, 1.54) is 0 Å². The highest BCUT2D eigenvalue weighted by Gasteiger charge is 2.16. The first kappa shape index (κ1) is 17.0. The minimum Gasteiger partial charge on any atom is -0.376 e. The maximum Gasteiger partial charge on any atom is 0.251 e. The molecule has 24 heavy (non-hydrogen) atoms. The molecule has 1 aromatic carbocycles. The molecule has 1 atom stereocenters. The molecule has 0 radical (unpaired) electrons. The number of benzene rings is 1. The zero-order valence-electron chi connectivity index (χ0n) is 13.5. The maximum absolute atomic E-state index is 12.1. The summed E-state index contributed by atoms with van der Waals surface area (Å²) in [6.45, 7) is 3.07. The molecule has 1 saturated heterocycles. The first-order valence-corrected chi connectivity index (χ1v) is 8.31. The van der Waals surface area contributed by atoms with Crippen molar-refractivity contribution >= 4 is 23.3 Å².